The molecule has 1 aliphatic rings. The van der Waals surface area contributed by atoms with Gasteiger partial charge in [0.15, 0.2) is 0 Å². The Morgan fingerprint density at radius 3 is 3.00 bits per heavy atom. The van der Waals surface area contributed by atoms with Crippen molar-refractivity contribution < 1.29 is 5.11 Å². The molecule has 0 fully saturated rings. The van der Waals surface area contributed by atoms with E-state index in [9.17, 15) is 4.79 Å². The fourth-order valence-electron chi connectivity index (χ4n) is 2.14. The van der Waals surface area contributed by atoms with E-state index < -0.39 is 0 Å². The maximum Gasteiger partial charge on any atom is 0.327 e. The SMILES string of the molecule is C[C@@H](CO)n1c2c(c(=S)[nH]c1=O)CCC2. The minimum Gasteiger partial charge on any atom is -0.394 e. The quantitative estimate of drug-likeness (QED) is 0.738. The molecule has 5 heteroatoms. The zero-order valence-electron chi connectivity index (χ0n) is 8.62. The second kappa shape index (κ2) is 3.90. The van der Waals surface area contributed by atoms with Crippen LogP contribution in [0.2, 0.25) is 0 Å². The van der Waals surface area contributed by atoms with Gasteiger partial charge in [0.1, 0.15) is 4.64 Å². The molecule has 0 radical (unpaired) electrons. The highest BCUT2D eigenvalue weighted by Gasteiger charge is 2.20. The number of aliphatic hydroxyl groups is 1. The number of aromatic nitrogens is 2. The molecular weight excluding hydrogens is 212 g/mol. The monoisotopic (exact) mass is 226 g/mol. The highest BCUT2D eigenvalue weighted by atomic mass is 32.1. The van der Waals surface area contributed by atoms with Gasteiger partial charge in [-0.3, -0.25) is 9.55 Å². The van der Waals surface area contributed by atoms with E-state index in [1.165, 1.54) is 0 Å². The first-order chi connectivity index (χ1) is 7.15. The van der Waals surface area contributed by atoms with Gasteiger partial charge < -0.3 is 5.11 Å². The largest absolute Gasteiger partial charge is 0.394 e. The van der Waals surface area contributed by atoms with Crippen LogP contribution in [0.15, 0.2) is 4.79 Å². The summed E-state index contributed by atoms with van der Waals surface area (Å²) in [6.45, 7) is 1.80. The Hall–Kier alpha value is -0.940. The summed E-state index contributed by atoms with van der Waals surface area (Å²) >= 11 is 5.12. The number of aromatic amines is 1. The van der Waals surface area contributed by atoms with Gasteiger partial charge in [-0.25, -0.2) is 4.79 Å². The lowest BCUT2D eigenvalue weighted by atomic mass is 10.2. The van der Waals surface area contributed by atoms with Crippen molar-refractivity contribution in [3.63, 3.8) is 0 Å². The van der Waals surface area contributed by atoms with E-state index in [2.05, 4.69) is 4.98 Å². The van der Waals surface area contributed by atoms with Gasteiger partial charge in [0.2, 0.25) is 0 Å². The molecule has 1 heterocycles. The van der Waals surface area contributed by atoms with Gasteiger partial charge in [0.05, 0.1) is 12.6 Å². The predicted octanol–water partition coefficient (Wildman–Crippen LogP) is 0.948. The van der Waals surface area contributed by atoms with Crippen molar-refractivity contribution in [3.05, 3.63) is 26.4 Å². The van der Waals surface area contributed by atoms with Gasteiger partial charge in [-0.2, -0.15) is 0 Å². The second-order valence-electron chi connectivity index (χ2n) is 3.94. The van der Waals surface area contributed by atoms with Crippen molar-refractivity contribution in [2.24, 2.45) is 0 Å². The number of hydrogen-bond donors (Lipinski definition) is 2. The van der Waals surface area contributed by atoms with E-state index in [1.807, 2.05) is 6.92 Å². The van der Waals surface area contributed by atoms with Crippen molar-refractivity contribution in [1.29, 1.82) is 0 Å². The molecule has 15 heavy (non-hydrogen) atoms. The minimum absolute atomic E-state index is 0.0308. The molecule has 1 aromatic rings. The van der Waals surface area contributed by atoms with Crippen LogP contribution in [0.5, 0.6) is 0 Å². The molecule has 0 spiro atoms. The summed E-state index contributed by atoms with van der Waals surface area (Å²) in [6.07, 6.45) is 2.85. The topological polar surface area (TPSA) is 58.0 Å². The summed E-state index contributed by atoms with van der Waals surface area (Å²) in [7, 11) is 0. The van der Waals surface area contributed by atoms with E-state index in [-0.39, 0.29) is 18.3 Å². The van der Waals surface area contributed by atoms with Crippen molar-refractivity contribution in [2.45, 2.75) is 32.2 Å². The number of fused-ring (bicyclic) bond motifs is 1. The van der Waals surface area contributed by atoms with E-state index in [0.717, 1.165) is 30.5 Å². The lowest BCUT2D eigenvalue weighted by molar-refractivity contribution is 0.232. The van der Waals surface area contributed by atoms with Crippen LogP contribution in [-0.2, 0) is 12.8 Å². The van der Waals surface area contributed by atoms with Gasteiger partial charge in [-0.15, -0.1) is 0 Å². The van der Waals surface area contributed by atoms with Crippen molar-refractivity contribution >= 4 is 12.2 Å². The third-order valence-electron chi connectivity index (χ3n) is 2.90. The van der Waals surface area contributed by atoms with Crippen LogP contribution < -0.4 is 5.69 Å². The number of aliphatic hydroxyl groups excluding tert-OH is 1. The van der Waals surface area contributed by atoms with Crippen LogP contribution in [0.3, 0.4) is 0 Å². The summed E-state index contributed by atoms with van der Waals surface area (Å²) in [5.74, 6) is 0. The molecule has 0 saturated carbocycles. The van der Waals surface area contributed by atoms with E-state index in [4.69, 9.17) is 17.3 Å². The Bertz CT molecular complexity index is 489. The Morgan fingerprint density at radius 2 is 2.33 bits per heavy atom. The molecule has 0 bridgehead atoms. The molecule has 0 aromatic carbocycles. The summed E-state index contributed by atoms with van der Waals surface area (Å²) < 4.78 is 2.20. The van der Waals surface area contributed by atoms with Crippen molar-refractivity contribution in [2.75, 3.05) is 6.61 Å². The van der Waals surface area contributed by atoms with Crippen molar-refractivity contribution in [1.82, 2.24) is 9.55 Å². The molecule has 0 saturated heterocycles. The Kier molecular flexibility index (Phi) is 2.75. The summed E-state index contributed by atoms with van der Waals surface area (Å²) in [5.41, 5.74) is 1.87. The molecule has 82 valence electrons. The lowest BCUT2D eigenvalue weighted by Crippen LogP contribution is -2.30. The van der Waals surface area contributed by atoms with Crippen molar-refractivity contribution in [3.8, 4) is 0 Å². The molecule has 0 amide bonds. The Morgan fingerprint density at radius 1 is 1.60 bits per heavy atom. The van der Waals surface area contributed by atoms with Crippen LogP contribution in [0.1, 0.15) is 30.6 Å². The average Bonchev–Trinajstić information content (AvgIpc) is 2.66. The zero-order chi connectivity index (χ0) is 11.0. The Labute approximate surface area is 92.6 Å². The van der Waals surface area contributed by atoms with Crippen LogP contribution in [-0.4, -0.2) is 21.3 Å². The van der Waals surface area contributed by atoms with Gasteiger partial charge in [-0.1, -0.05) is 12.2 Å². The standard InChI is InChI=1S/C10H14N2O2S/c1-6(5-13)12-8-4-2-3-7(8)9(15)11-10(12)14/h6,13H,2-5H2,1H3,(H,11,14,15)/t6-/m0/s1. The Balaban J connectivity index is 2.70. The number of H-pyrrole nitrogens is 1. The first-order valence-corrected chi connectivity index (χ1v) is 5.53. The van der Waals surface area contributed by atoms with Crippen LogP contribution in [0.4, 0.5) is 0 Å². The van der Waals surface area contributed by atoms with Crippen LogP contribution in [0, 0.1) is 4.64 Å². The molecular formula is C10H14N2O2S. The van der Waals surface area contributed by atoms with Crippen LogP contribution in [0.25, 0.3) is 0 Å². The average molecular weight is 226 g/mol. The van der Waals surface area contributed by atoms with Crippen LogP contribution >= 0.6 is 12.2 Å². The number of nitrogens with one attached hydrogen (secondary N) is 1. The molecule has 1 aliphatic carbocycles. The summed E-state index contributed by atoms with van der Waals surface area (Å²) in [4.78, 5) is 14.4. The smallest absolute Gasteiger partial charge is 0.327 e. The molecule has 1 aromatic heterocycles. The second-order valence-corrected chi connectivity index (χ2v) is 4.35. The van der Waals surface area contributed by atoms with E-state index in [0.29, 0.717) is 4.64 Å². The molecule has 0 aliphatic heterocycles. The van der Waals surface area contributed by atoms with Gasteiger partial charge in [-0.05, 0) is 26.2 Å². The van der Waals surface area contributed by atoms with Gasteiger partial charge in [0.25, 0.3) is 0 Å². The molecule has 2 rings (SSSR count). The summed E-state index contributed by atoms with van der Waals surface area (Å²) in [5, 5.41) is 9.11. The molecule has 4 nitrogen and oxygen atoms in total. The molecule has 2 N–H and O–H groups in total. The van der Waals surface area contributed by atoms with E-state index in [1.54, 1.807) is 4.57 Å². The fraction of sp³-hybridized carbons (Fsp3) is 0.600. The molecule has 1 atom stereocenters. The van der Waals surface area contributed by atoms with Gasteiger partial charge in [0, 0.05) is 11.3 Å². The maximum absolute atomic E-state index is 11.7. The van der Waals surface area contributed by atoms with E-state index >= 15 is 0 Å². The molecule has 0 unspecified atom stereocenters. The highest BCUT2D eigenvalue weighted by molar-refractivity contribution is 7.71. The normalized spacial score (nSPS) is 16.4. The minimum atomic E-state index is -0.206. The van der Waals surface area contributed by atoms with Gasteiger partial charge >= 0.3 is 5.69 Å². The highest BCUT2D eigenvalue weighted by Crippen LogP contribution is 2.22. The predicted molar refractivity (Wildman–Crippen MR) is 59.7 cm³/mol. The lowest BCUT2D eigenvalue weighted by Gasteiger charge is -2.16. The maximum atomic E-state index is 11.7. The first-order valence-electron chi connectivity index (χ1n) is 5.12. The number of hydrogen-bond acceptors (Lipinski definition) is 3. The fourth-order valence-corrected chi connectivity index (χ4v) is 2.45. The summed E-state index contributed by atoms with van der Waals surface area (Å²) in [6, 6.07) is -0.184. The third kappa shape index (κ3) is 1.66. The first kappa shape index (κ1) is 10.6. The zero-order valence-corrected chi connectivity index (χ0v) is 9.43. The number of rotatable bonds is 2. The third-order valence-corrected chi connectivity index (χ3v) is 3.25. The number of nitrogens with zero attached hydrogens (tertiary/aromatic N) is 1.